The fourth-order valence-electron chi connectivity index (χ4n) is 4.16. The number of benzene rings is 4. The molecule has 0 bridgehead atoms. The van der Waals surface area contributed by atoms with Crippen molar-refractivity contribution < 1.29 is 4.79 Å². The molecular weight excluding hydrogens is 465 g/mol. The smallest absolute Gasteiger partial charge is 0.258 e. The maximum absolute atomic E-state index is 13.5. The Morgan fingerprint density at radius 1 is 0.714 bits per heavy atom. The molecule has 0 aromatic heterocycles. The molecule has 0 atom stereocenters. The van der Waals surface area contributed by atoms with Gasteiger partial charge < -0.3 is 0 Å². The number of nitrogens with one attached hydrogen (secondary N) is 1. The van der Waals surface area contributed by atoms with Gasteiger partial charge in [-0.1, -0.05) is 86.1 Å². The average Bonchev–Trinajstić information content (AvgIpc) is 2.93. The first kappa shape index (κ1) is 25.0. The van der Waals surface area contributed by atoms with Crippen molar-refractivity contribution in [3.63, 3.8) is 0 Å². The molecule has 1 amide bonds. The molecule has 4 heteroatoms. The van der Waals surface area contributed by atoms with E-state index < -0.39 is 7.26 Å². The molecule has 176 valence electrons. The van der Waals surface area contributed by atoms with Crippen LogP contribution in [0.2, 0.25) is 0 Å². The lowest BCUT2D eigenvalue weighted by molar-refractivity contribution is 0.0968. The molecule has 0 heterocycles. The van der Waals surface area contributed by atoms with Gasteiger partial charge in [0.1, 0.15) is 15.9 Å². The molecule has 0 fully saturated rings. The zero-order valence-electron chi connectivity index (χ0n) is 20.0. The number of rotatable bonds is 10. The summed E-state index contributed by atoms with van der Waals surface area (Å²) in [5.41, 5.74) is 1.63. The first-order chi connectivity index (χ1) is 17.3. The van der Waals surface area contributed by atoms with E-state index >= 15 is 0 Å². The normalized spacial score (nSPS) is 11.7. The summed E-state index contributed by atoms with van der Waals surface area (Å²) in [6.07, 6.45) is 2.28. The first-order valence-corrected chi connectivity index (χ1v) is 14.8. The van der Waals surface area contributed by atoms with E-state index in [1.54, 1.807) is 11.8 Å². The molecule has 0 unspecified atom stereocenters. The third-order valence-corrected chi connectivity index (χ3v) is 11.2. The highest BCUT2D eigenvalue weighted by molar-refractivity contribution is 8.04. The maximum atomic E-state index is 13.5. The van der Waals surface area contributed by atoms with Gasteiger partial charge in [-0.2, -0.15) is 0 Å². The molecule has 1 N–H and O–H groups in total. The third kappa shape index (κ3) is 5.75. The lowest BCUT2D eigenvalue weighted by atomic mass is 10.2. The summed E-state index contributed by atoms with van der Waals surface area (Å²) in [6, 6.07) is 41.4. The Labute approximate surface area is 213 Å². The summed E-state index contributed by atoms with van der Waals surface area (Å²) in [4.78, 5) is 13.5. The van der Waals surface area contributed by atoms with Crippen molar-refractivity contribution in [1.29, 1.82) is 0 Å². The number of amides is 1. The monoisotopic (exact) mass is 496 g/mol. The van der Waals surface area contributed by atoms with E-state index in [4.69, 9.17) is 0 Å². The summed E-state index contributed by atoms with van der Waals surface area (Å²) in [6.45, 7) is 2.21. The number of hydrogen-bond acceptors (Lipinski definition) is 2. The van der Waals surface area contributed by atoms with E-state index in [-0.39, 0.29) is 5.91 Å². The Kier molecular flexibility index (Phi) is 8.95. The van der Waals surface area contributed by atoms with E-state index in [9.17, 15) is 4.79 Å². The highest BCUT2D eigenvalue weighted by atomic mass is 32.2. The topological polar surface area (TPSA) is 29.1 Å². The SMILES string of the molecule is CCCCS/C=C(/NC(=O)c1ccccc1)[P+](c1ccccc1)(c1ccccc1)c1ccccc1. The summed E-state index contributed by atoms with van der Waals surface area (Å²) in [5.74, 6) is 0.930. The molecular formula is C31H31NOPS+. The second-order valence-electron chi connectivity index (χ2n) is 8.23. The van der Waals surface area contributed by atoms with Gasteiger partial charge in [0.2, 0.25) is 0 Å². The van der Waals surface area contributed by atoms with Gasteiger partial charge >= 0.3 is 0 Å². The predicted octanol–water partition coefficient (Wildman–Crippen LogP) is 6.74. The molecule has 4 aromatic carbocycles. The second-order valence-corrected chi connectivity index (χ2v) is 12.6. The molecule has 0 radical (unpaired) electrons. The molecule has 4 aromatic rings. The van der Waals surface area contributed by atoms with Crippen LogP contribution in [0.25, 0.3) is 0 Å². The van der Waals surface area contributed by atoms with Crippen LogP contribution in [0.4, 0.5) is 0 Å². The molecule has 4 rings (SSSR count). The zero-order chi connectivity index (χ0) is 24.3. The summed E-state index contributed by atoms with van der Waals surface area (Å²) in [5, 5.41) is 9.25. The Bertz CT molecular complexity index is 1130. The molecule has 2 nitrogen and oxygen atoms in total. The summed E-state index contributed by atoms with van der Waals surface area (Å²) >= 11 is 1.79. The van der Waals surface area contributed by atoms with Gasteiger partial charge in [-0.25, -0.2) is 0 Å². The highest BCUT2D eigenvalue weighted by Crippen LogP contribution is 2.61. The van der Waals surface area contributed by atoms with E-state index in [1.807, 2.05) is 30.3 Å². The van der Waals surface area contributed by atoms with Gasteiger partial charge in [-0.3, -0.25) is 10.1 Å². The minimum atomic E-state index is -2.38. The van der Waals surface area contributed by atoms with Crippen LogP contribution in [0, 0.1) is 0 Å². The van der Waals surface area contributed by atoms with Crippen molar-refractivity contribution >= 4 is 40.8 Å². The minimum absolute atomic E-state index is 0.0832. The third-order valence-electron chi connectivity index (χ3n) is 5.88. The highest BCUT2D eigenvalue weighted by Gasteiger charge is 2.50. The minimum Gasteiger partial charge on any atom is -0.292 e. The van der Waals surface area contributed by atoms with Gasteiger partial charge in [-0.15, -0.1) is 11.8 Å². The first-order valence-electron chi connectivity index (χ1n) is 12.0. The number of unbranched alkanes of at least 4 members (excludes halogenated alkanes) is 1. The Morgan fingerprint density at radius 3 is 1.57 bits per heavy atom. The van der Waals surface area contributed by atoms with Gasteiger partial charge in [0.15, 0.2) is 12.7 Å². The molecule has 0 saturated heterocycles. The van der Waals surface area contributed by atoms with E-state index in [0.717, 1.165) is 24.0 Å². The van der Waals surface area contributed by atoms with E-state index in [2.05, 4.69) is 109 Å². The molecule has 0 aliphatic rings. The Morgan fingerprint density at radius 2 is 1.14 bits per heavy atom. The number of hydrogen-bond donors (Lipinski definition) is 1. The Balaban J connectivity index is 1.96. The van der Waals surface area contributed by atoms with Gasteiger partial charge in [0.05, 0.1) is 0 Å². The van der Waals surface area contributed by atoms with Crippen LogP contribution in [0.3, 0.4) is 0 Å². The fourth-order valence-corrected chi connectivity index (χ4v) is 9.66. The van der Waals surface area contributed by atoms with Crippen LogP contribution in [-0.2, 0) is 0 Å². The predicted molar refractivity (Wildman–Crippen MR) is 155 cm³/mol. The van der Waals surface area contributed by atoms with Crippen LogP contribution in [0.5, 0.6) is 0 Å². The van der Waals surface area contributed by atoms with Crippen LogP contribution in [-0.4, -0.2) is 11.7 Å². The van der Waals surface area contributed by atoms with Gasteiger partial charge in [0, 0.05) is 11.0 Å². The number of carbonyl (C=O) groups excluding carboxylic acids is 1. The summed E-state index contributed by atoms with van der Waals surface area (Å²) in [7, 11) is -2.38. The van der Waals surface area contributed by atoms with Crippen molar-refractivity contribution in [2.45, 2.75) is 19.8 Å². The Hall–Kier alpha value is -3.13. The number of carbonyl (C=O) groups is 1. The second kappa shape index (κ2) is 12.5. The number of thioether (sulfide) groups is 1. The lowest BCUT2D eigenvalue weighted by Crippen LogP contribution is -2.38. The molecule has 35 heavy (non-hydrogen) atoms. The van der Waals surface area contributed by atoms with Gasteiger partial charge in [0.25, 0.3) is 5.91 Å². The van der Waals surface area contributed by atoms with Crippen LogP contribution in [0.15, 0.2) is 132 Å². The van der Waals surface area contributed by atoms with Crippen molar-refractivity contribution in [2.24, 2.45) is 0 Å². The van der Waals surface area contributed by atoms with Crippen LogP contribution >= 0.6 is 19.0 Å². The molecule has 0 saturated carbocycles. The van der Waals surface area contributed by atoms with Crippen molar-refractivity contribution in [2.75, 3.05) is 5.75 Å². The van der Waals surface area contributed by atoms with Crippen molar-refractivity contribution in [3.8, 4) is 0 Å². The quantitative estimate of drug-likeness (QED) is 0.195. The molecule has 0 spiro atoms. The van der Waals surface area contributed by atoms with E-state index in [0.29, 0.717) is 5.56 Å². The van der Waals surface area contributed by atoms with Crippen molar-refractivity contribution in [1.82, 2.24) is 5.32 Å². The lowest BCUT2D eigenvalue weighted by Gasteiger charge is -2.29. The van der Waals surface area contributed by atoms with Gasteiger partial charge in [-0.05, 0) is 60.7 Å². The zero-order valence-corrected chi connectivity index (χ0v) is 21.7. The maximum Gasteiger partial charge on any atom is 0.258 e. The molecule has 0 aliphatic carbocycles. The van der Waals surface area contributed by atoms with Crippen molar-refractivity contribution in [3.05, 3.63) is 138 Å². The fraction of sp³-hybridized carbons (Fsp3) is 0.129. The van der Waals surface area contributed by atoms with E-state index in [1.165, 1.54) is 15.9 Å². The largest absolute Gasteiger partial charge is 0.292 e. The average molecular weight is 497 g/mol. The van der Waals surface area contributed by atoms with Crippen LogP contribution in [0.1, 0.15) is 30.1 Å². The summed E-state index contributed by atoms with van der Waals surface area (Å²) < 4.78 is 0. The molecule has 0 aliphatic heterocycles. The standard InChI is InChI=1S/C31H30NOPS/c1-2-3-24-35-25-30(32-31(33)26-16-8-4-9-17-26)34(27-18-10-5-11-19-27,28-20-12-6-13-21-28)29-22-14-7-15-23-29/h4-23,25H,2-3,24H2,1H3/p+1/b30-25-. The van der Waals surface area contributed by atoms with Crippen LogP contribution < -0.4 is 21.2 Å².